The molecule has 0 saturated heterocycles. The van der Waals surface area contributed by atoms with Crippen LogP contribution in [-0.2, 0) is 13.5 Å². The molecule has 4 heteroatoms. The van der Waals surface area contributed by atoms with Gasteiger partial charge in [-0.3, -0.25) is 4.68 Å². The second kappa shape index (κ2) is 5.56. The number of aryl methyl sites for hydroxylation is 1. The Morgan fingerprint density at radius 1 is 1.41 bits per heavy atom. The average Bonchev–Trinajstić information content (AvgIpc) is 2.62. The smallest absolute Gasteiger partial charge is 0.102 e. The number of nitrogens with zero attached hydrogens (tertiary/aromatic N) is 2. The molecular weight excluding hydrogens is 296 g/mol. The Balaban J connectivity index is 2.26. The van der Waals surface area contributed by atoms with Crippen LogP contribution in [0.3, 0.4) is 0 Å². The summed E-state index contributed by atoms with van der Waals surface area (Å²) in [5.41, 5.74) is 1.20. The van der Waals surface area contributed by atoms with Gasteiger partial charge in [0.15, 0.2) is 0 Å². The summed E-state index contributed by atoms with van der Waals surface area (Å²) in [6, 6.07) is 10.3. The number of allylic oxidation sites excluding steroid dienone is 1. The number of hydrogen-bond donors (Lipinski definition) is 0. The van der Waals surface area contributed by atoms with E-state index in [1.54, 1.807) is 11.8 Å². The summed E-state index contributed by atoms with van der Waals surface area (Å²) in [6.07, 6.45) is 2.71. The van der Waals surface area contributed by atoms with Gasteiger partial charge in [-0.1, -0.05) is 52.5 Å². The van der Waals surface area contributed by atoms with Crippen molar-refractivity contribution in [2.24, 2.45) is 7.05 Å². The molecule has 0 saturated carbocycles. The summed E-state index contributed by atoms with van der Waals surface area (Å²) < 4.78 is 2.88. The molecule has 0 atom stereocenters. The summed E-state index contributed by atoms with van der Waals surface area (Å²) in [4.78, 5) is 1.22. The molecule has 0 aliphatic rings. The minimum atomic E-state index is 0.809. The number of hydrogen-bond acceptors (Lipinski definition) is 2. The fourth-order valence-electron chi connectivity index (χ4n) is 1.53. The van der Waals surface area contributed by atoms with Gasteiger partial charge in [0.1, 0.15) is 5.03 Å². The van der Waals surface area contributed by atoms with E-state index in [1.165, 1.54) is 10.5 Å². The van der Waals surface area contributed by atoms with E-state index in [-0.39, 0.29) is 0 Å². The Labute approximate surface area is 114 Å². The maximum absolute atomic E-state index is 4.30. The van der Waals surface area contributed by atoms with Gasteiger partial charge in [-0.05, 0) is 16.6 Å². The molecule has 2 aromatic rings. The van der Waals surface area contributed by atoms with E-state index < -0.39 is 0 Å². The molecule has 17 heavy (non-hydrogen) atoms. The normalized spacial score (nSPS) is 10.5. The molecule has 1 aromatic heterocycles. The van der Waals surface area contributed by atoms with E-state index in [0.717, 1.165) is 15.9 Å². The van der Waals surface area contributed by atoms with Crippen LogP contribution in [0, 0.1) is 0 Å². The largest absolute Gasteiger partial charge is 0.261 e. The van der Waals surface area contributed by atoms with E-state index in [0.29, 0.717) is 0 Å². The van der Waals surface area contributed by atoms with Crippen molar-refractivity contribution >= 4 is 27.7 Å². The first-order valence-corrected chi connectivity index (χ1v) is 6.85. The molecule has 2 rings (SSSR count). The summed E-state index contributed by atoms with van der Waals surface area (Å²) in [7, 11) is 1.96. The molecule has 2 nitrogen and oxygen atoms in total. The first-order valence-electron chi connectivity index (χ1n) is 5.24. The second-order valence-electron chi connectivity index (χ2n) is 3.71. The third-order valence-electron chi connectivity index (χ3n) is 2.30. The average molecular weight is 309 g/mol. The van der Waals surface area contributed by atoms with E-state index in [4.69, 9.17) is 0 Å². The molecule has 0 bridgehead atoms. The highest BCUT2D eigenvalue weighted by Crippen LogP contribution is 2.31. The lowest BCUT2D eigenvalue weighted by molar-refractivity contribution is 0.695. The second-order valence-corrected chi connectivity index (χ2v) is 5.89. The highest BCUT2D eigenvalue weighted by Gasteiger charge is 2.10. The predicted octanol–water partition coefficient (Wildman–Crippen LogP) is 4.02. The zero-order valence-corrected chi connectivity index (χ0v) is 12.0. The Morgan fingerprint density at radius 2 is 2.12 bits per heavy atom. The molecule has 0 amide bonds. The maximum Gasteiger partial charge on any atom is 0.102 e. The van der Waals surface area contributed by atoms with Crippen LogP contribution >= 0.6 is 27.7 Å². The topological polar surface area (TPSA) is 17.8 Å². The van der Waals surface area contributed by atoms with Crippen LogP contribution in [0.5, 0.6) is 0 Å². The molecule has 1 aromatic carbocycles. The quantitative estimate of drug-likeness (QED) is 0.849. The Bertz CT molecular complexity index is 519. The highest BCUT2D eigenvalue weighted by atomic mass is 79.9. The summed E-state index contributed by atoms with van der Waals surface area (Å²) in [5.74, 6) is 0. The number of rotatable bonds is 4. The standard InChI is InChI=1S/C13H13BrN2S/c1-10(14)8-11-9-15-16(2)13(11)17-12-6-4-3-5-7-12/h3-7,9H,1,8H2,2H3. The summed E-state index contributed by atoms with van der Waals surface area (Å²) >= 11 is 5.13. The zero-order valence-electron chi connectivity index (χ0n) is 9.56. The van der Waals surface area contributed by atoms with Crippen LogP contribution in [0.15, 0.2) is 57.5 Å². The third kappa shape index (κ3) is 3.23. The monoisotopic (exact) mass is 308 g/mol. The van der Waals surface area contributed by atoms with Gasteiger partial charge in [0.05, 0.1) is 6.20 Å². The van der Waals surface area contributed by atoms with Crippen LogP contribution in [0.2, 0.25) is 0 Å². The fraction of sp³-hybridized carbons (Fsp3) is 0.154. The SMILES string of the molecule is C=C(Br)Cc1cnn(C)c1Sc1ccccc1. The van der Waals surface area contributed by atoms with Gasteiger partial charge in [-0.15, -0.1) is 0 Å². The van der Waals surface area contributed by atoms with Gasteiger partial charge in [0.25, 0.3) is 0 Å². The van der Waals surface area contributed by atoms with Crippen LogP contribution in [0.25, 0.3) is 0 Å². The Kier molecular flexibility index (Phi) is 4.07. The lowest BCUT2D eigenvalue weighted by atomic mass is 10.2. The van der Waals surface area contributed by atoms with Gasteiger partial charge in [0, 0.05) is 23.9 Å². The molecule has 0 aliphatic carbocycles. The van der Waals surface area contributed by atoms with Gasteiger partial charge >= 0.3 is 0 Å². The minimum Gasteiger partial charge on any atom is -0.261 e. The summed E-state index contributed by atoms with van der Waals surface area (Å²) in [5, 5.41) is 5.46. The Morgan fingerprint density at radius 3 is 2.76 bits per heavy atom. The van der Waals surface area contributed by atoms with Crippen molar-refractivity contribution in [3.05, 3.63) is 53.2 Å². The number of aromatic nitrogens is 2. The first-order chi connectivity index (χ1) is 8.16. The van der Waals surface area contributed by atoms with E-state index in [9.17, 15) is 0 Å². The van der Waals surface area contributed by atoms with E-state index >= 15 is 0 Å². The van der Waals surface area contributed by atoms with Crippen molar-refractivity contribution in [1.29, 1.82) is 0 Å². The fourth-order valence-corrected chi connectivity index (χ4v) is 2.79. The maximum atomic E-state index is 4.30. The van der Waals surface area contributed by atoms with Crippen LogP contribution < -0.4 is 0 Å². The number of benzene rings is 1. The van der Waals surface area contributed by atoms with E-state index in [1.807, 2.05) is 36.1 Å². The predicted molar refractivity (Wildman–Crippen MR) is 75.5 cm³/mol. The lowest BCUT2D eigenvalue weighted by Gasteiger charge is -2.05. The molecule has 0 unspecified atom stereocenters. The highest BCUT2D eigenvalue weighted by molar-refractivity contribution is 9.11. The van der Waals surface area contributed by atoms with Crippen LogP contribution in [0.4, 0.5) is 0 Å². The molecule has 1 heterocycles. The van der Waals surface area contributed by atoms with Crippen molar-refractivity contribution < 1.29 is 0 Å². The van der Waals surface area contributed by atoms with Crippen molar-refractivity contribution in [2.75, 3.05) is 0 Å². The van der Waals surface area contributed by atoms with Crippen molar-refractivity contribution in [2.45, 2.75) is 16.3 Å². The van der Waals surface area contributed by atoms with Gasteiger partial charge in [0.2, 0.25) is 0 Å². The molecule has 0 spiro atoms. The number of halogens is 1. The van der Waals surface area contributed by atoms with Crippen molar-refractivity contribution in [1.82, 2.24) is 9.78 Å². The summed E-state index contributed by atoms with van der Waals surface area (Å²) in [6.45, 7) is 3.88. The lowest BCUT2D eigenvalue weighted by Crippen LogP contribution is -1.93. The molecule has 88 valence electrons. The Hall–Kier alpha value is -1.00. The molecule has 0 fully saturated rings. The van der Waals surface area contributed by atoms with Crippen LogP contribution in [-0.4, -0.2) is 9.78 Å². The van der Waals surface area contributed by atoms with E-state index in [2.05, 4.69) is 39.7 Å². The third-order valence-corrected chi connectivity index (χ3v) is 3.80. The van der Waals surface area contributed by atoms with Gasteiger partial charge in [-0.25, -0.2) is 0 Å². The van der Waals surface area contributed by atoms with Gasteiger partial charge in [-0.2, -0.15) is 5.10 Å². The van der Waals surface area contributed by atoms with Gasteiger partial charge < -0.3 is 0 Å². The molecule has 0 aliphatic heterocycles. The zero-order chi connectivity index (χ0) is 12.3. The molecular formula is C13H13BrN2S. The van der Waals surface area contributed by atoms with Crippen molar-refractivity contribution in [3.8, 4) is 0 Å². The molecule has 0 radical (unpaired) electrons. The minimum absolute atomic E-state index is 0.809. The van der Waals surface area contributed by atoms with Crippen LogP contribution in [0.1, 0.15) is 5.56 Å². The first kappa shape index (κ1) is 12.5. The molecule has 0 N–H and O–H groups in total. The van der Waals surface area contributed by atoms with Crippen molar-refractivity contribution in [3.63, 3.8) is 0 Å².